The van der Waals surface area contributed by atoms with Crippen LogP contribution >= 0.6 is 11.6 Å². The second kappa shape index (κ2) is 6.17. The molecule has 0 aliphatic heterocycles. The summed E-state index contributed by atoms with van der Waals surface area (Å²) in [6.07, 6.45) is 3.93. The van der Waals surface area contributed by atoms with Crippen molar-refractivity contribution in [2.75, 3.05) is 6.61 Å². The van der Waals surface area contributed by atoms with E-state index in [9.17, 15) is 0 Å². The number of ether oxygens (including phenoxy) is 1. The predicted molar refractivity (Wildman–Crippen MR) is 72.8 cm³/mol. The maximum absolute atomic E-state index is 5.74. The third kappa shape index (κ3) is 3.86. The fraction of sp³-hybridized carbons (Fsp3) is 0.143. The molecular formula is C14H13ClN2O. The lowest BCUT2D eigenvalue weighted by Gasteiger charge is -2.02. The van der Waals surface area contributed by atoms with Gasteiger partial charge in [0.05, 0.1) is 0 Å². The molecule has 3 nitrogen and oxygen atoms in total. The number of aromatic nitrogens is 2. The van der Waals surface area contributed by atoms with Crippen molar-refractivity contribution in [1.82, 2.24) is 9.97 Å². The summed E-state index contributed by atoms with van der Waals surface area (Å²) in [6, 6.07) is 11.8. The second-order valence-corrected chi connectivity index (χ2v) is 4.08. The van der Waals surface area contributed by atoms with Crippen LogP contribution in [0.25, 0.3) is 6.08 Å². The fourth-order valence-electron chi connectivity index (χ4n) is 1.46. The van der Waals surface area contributed by atoms with Gasteiger partial charge >= 0.3 is 0 Å². The Bertz CT molecular complexity index is 520. The number of halogens is 1. The SMILES string of the molecule is Cc1cc(OCC=Cc2ccccc2)nc(Cl)n1. The molecule has 4 heteroatoms. The summed E-state index contributed by atoms with van der Waals surface area (Å²) in [7, 11) is 0. The molecule has 0 fully saturated rings. The van der Waals surface area contributed by atoms with Crippen LogP contribution in [0.15, 0.2) is 42.5 Å². The summed E-state index contributed by atoms with van der Waals surface area (Å²) < 4.78 is 5.47. The van der Waals surface area contributed by atoms with Gasteiger partial charge in [0.1, 0.15) is 6.61 Å². The lowest BCUT2D eigenvalue weighted by Crippen LogP contribution is -1.98. The molecule has 0 bridgehead atoms. The molecule has 0 saturated carbocycles. The van der Waals surface area contributed by atoms with Gasteiger partial charge in [-0.25, -0.2) is 4.98 Å². The third-order valence-electron chi connectivity index (χ3n) is 2.24. The number of hydrogen-bond acceptors (Lipinski definition) is 3. The molecule has 0 unspecified atom stereocenters. The average Bonchev–Trinajstić information content (AvgIpc) is 2.35. The molecule has 0 amide bonds. The van der Waals surface area contributed by atoms with Gasteiger partial charge in [0, 0.05) is 11.8 Å². The minimum absolute atomic E-state index is 0.206. The Morgan fingerprint density at radius 3 is 2.72 bits per heavy atom. The van der Waals surface area contributed by atoms with Crippen molar-refractivity contribution in [2.24, 2.45) is 0 Å². The van der Waals surface area contributed by atoms with E-state index >= 15 is 0 Å². The van der Waals surface area contributed by atoms with Gasteiger partial charge in [0.25, 0.3) is 0 Å². The third-order valence-corrected chi connectivity index (χ3v) is 2.41. The van der Waals surface area contributed by atoms with Crippen molar-refractivity contribution in [3.63, 3.8) is 0 Å². The van der Waals surface area contributed by atoms with Crippen molar-refractivity contribution < 1.29 is 4.74 Å². The lowest BCUT2D eigenvalue weighted by atomic mass is 10.2. The molecule has 1 heterocycles. The number of rotatable bonds is 4. The Hall–Kier alpha value is -1.87. The average molecular weight is 261 g/mol. The molecule has 92 valence electrons. The normalized spacial score (nSPS) is 10.8. The Morgan fingerprint density at radius 2 is 2.00 bits per heavy atom. The second-order valence-electron chi connectivity index (χ2n) is 3.74. The van der Waals surface area contributed by atoms with E-state index in [1.807, 2.05) is 49.4 Å². The molecule has 1 aromatic heterocycles. The molecule has 0 aliphatic carbocycles. The van der Waals surface area contributed by atoms with Crippen LogP contribution in [0.3, 0.4) is 0 Å². The standard InChI is InChI=1S/C14H13ClN2O/c1-11-10-13(17-14(15)16-11)18-9-5-8-12-6-3-2-4-7-12/h2-8,10H,9H2,1H3. The fourth-order valence-corrected chi connectivity index (χ4v) is 1.68. The van der Waals surface area contributed by atoms with E-state index in [0.717, 1.165) is 11.3 Å². The largest absolute Gasteiger partial charge is 0.473 e. The Labute approximate surface area is 111 Å². The van der Waals surface area contributed by atoms with Crippen LogP contribution < -0.4 is 4.74 Å². The van der Waals surface area contributed by atoms with Crippen LogP contribution in [0.4, 0.5) is 0 Å². The molecule has 0 aliphatic rings. The molecule has 0 saturated heterocycles. The number of aryl methyl sites for hydroxylation is 1. The topological polar surface area (TPSA) is 35.0 Å². The summed E-state index contributed by atoms with van der Waals surface area (Å²) in [5, 5.41) is 0.206. The number of nitrogens with zero attached hydrogens (tertiary/aromatic N) is 2. The van der Waals surface area contributed by atoms with Gasteiger partial charge in [-0.2, -0.15) is 4.98 Å². The number of benzene rings is 1. The van der Waals surface area contributed by atoms with Gasteiger partial charge in [-0.15, -0.1) is 0 Å². The lowest BCUT2D eigenvalue weighted by molar-refractivity contribution is 0.348. The van der Waals surface area contributed by atoms with E-state index in [2.05, 4.69) is 9.97 Å². The first kappa shape index (κ1) is 12.6. The van der Waals surface area contributed by atoms with Gasteiger partial charge in [0.15, 0.2) is 0 Å². The van der Waals surface area contributed by atoms with Crippen LogP contribution in [-0.4, -0.2) is 16.6 Å². The summed E-state index contributed by atoms with van der Waals surface area (Å²) >= 11 is 5.74. The number of hydrogen-bond donors (Lipinski definition) is 0. The zero-order valence-electron chi connectivity index (χ0n) is 10.0. The summed E-state index contributed by atoms with van der Waals surface area (Å²) in [6.45, 7) is 2.29. The molecule has 2 aromatic rings. The zero-order valence-corrected chi connectivity index (χ0v) is 10.8. The first-order valence-electron chi connectivity index (χ1n) is 5.59. The van der Waals surface area contributed by atoms with E-state index in [1.165, 1.54) is 0 Å². The summed E-state index contributed by atoms with van der Waals surface area (Å²) in [5.74, 6) is 0.491. The van der Waals surface area contributed by atoms with Crippen molar-refractivity contribution in [2.45, 2.75) is 6.92 Å². The Kier molecular flexibility index (Phi) is 4.31. The van der Waals surface area contributed by atoms with E-state index in [4.69, 9.17) is 16.3 Å². The molecule has 0 atom stereocenters. The molecule has 0 N–H and O–H groups in total. The van der Waals surface area contributed by atoms with Crippen LogP contribution in [0.2, 0.25) is 5.28 Å². The molecule has 18 heavy (non-hydrogen) atoms. The highest BCUT2D eigenvalue weighted by molar-refractivity contribution is 6.28. The van der Waals surface area contributed by atoms with Crippen LogP contribution in [0.5, 0.6) is 5.88 Å². The predicted octanol–water partition coefficient (Wildman–Crippen LogP) is 3.53. The van der Waals surface area contributed by atoms with Crippen molar-refractivity contribution in [3.8, 4) is 5.88 Å². The molecular weight excluding hydrogens is 248 g/mol. The minimum Gasteiger partial charge on any atom is -0.473 e. The van der Waals surface area contributed by atoms with Gasteiger partial charge in [-0.3, -0.25) is 0 Å². The smallest absolute Gasteiger partial charge is 0.225 e. The molecule has 0 radical (unpaired) electrons. The van der Waals surface area contributed by atoms with Gasteiger partial charge in [0.2, 0.25) is 11.2 Å². The van der Waals surface area contributed by atoms with Crippen molar-refractivity contribution in [1.29, 1.82) is 0 Å². The summed E-state index contributed by atoms with van der Waals surface area (Å²) in [4.78, 5) is 7.94. The van der Waals surface area contributed by atoms with Crippen LogP contribution in [-0.2, 0) is 0 Å². The minimum atomic E-state index is 0.206. The van der Waals surface area contributed by atoms with Crippen LogP contribution in [0, 0.1) is 6.92 Å². The first-order chi connectivity index (χ1) is 8.74. The van der Waals surface area contributed by atoms with E-state index in [0.29, 0.717) is 12.5 Å². The maximum atomic E-state index is 5.74. The van der Waals surface area contributed by atoms with E-state index in [1.54, 1.807) is 6.07 Å². The van der Waals surface area contributed by atoms with Gasteiger partial charge in [-0.1, -0.05) is 36.4 Å². The highest BCUT2D eigenvalue weighted by atomic mass is 35.5. The van der Waals surface area contributed by atoms with Crippen molar-refractivity contribution >= 4 is 17.7 Å². The quantitative estimate of drug-likeness (QED) is 0.789. The highest BCUT2D eigenvalue weighted by Crippen LogP contribution is 2.12. The van der Waals surface area contributed by atoms with E-state index in [-0.39, 0.29) is 5.28 Å². The van der Waals surface area contributed by atoms with E-state index < -0.39 is 0 Å². The summed E-state index contributed by atoms with van der Waals surface area (Å²) in [5.41, 5.74) is 1.93. The first-order valence-corrected chi connectivity index (χ1v) is 5.97. The maximum Gasteiger partial charge on any atom is 0.225 e. The molecule has 1 aromatic carbocycles. The van der Waals surface area contributed by atoms with Gasteiger partial charge < -0.3 is 4.74 Å². The van der Waals surface area contributed by atoms with Crippen LogP contribution in [0.1, 0.15) is 11.3 Å². The van der Waals surface area contributed by atoms with Crippen molar-refractivity contribution in [3.05, 3.63) is 59.0 Å². The highest BCUT2D eigenvalue weighted by Gasteiger charge is 1.99. The Morgan fingerprint density at radius 1 is 1.22 bits per heavy atom. The molecule has 2 rings (SSSR count). The van der Waals surface area contributed by atoms with Gasteiger partial charge in [-0.05, 0) is 30.2 Å². The Balaban J connectivity index is 1.90. The zero-order chi connectivity index (χ0) is 12.8. The molecule has 0 spiro atoms. The monoisotopic (exact) mass is 260 g/mol.